The first-order valence-electron chi connectivity index (χ1n) is 7.99. The monoisotopic (exact) mass is 347 g/mol. The molecule has 3 aromatic carbocycles. The molecule has 1 atom stereocenters. The summed E-state index contributed by atoms with van der Waals surface area (Å²) in [6, 6.07) is 29.8. The van der Waals surface area contributed by atoms with Crippen LogP contribution in [0.5, 0.6) is 0 Å². The number of hydrogen-bond acceptors (Lipinski definition) is 3. The van der Waals surface area contributed by atoms with Crippen LogP contribution in [-0.4, -0.2) is 4.98 Å². The van der Waals surface area contributed by atoms with Crippen molar-refractivity contribution in [3.63, 3.8) is 0 Å². The number of para-hydroxylation sites is 1. The first-order valence-corrected chi connectivity index (χ1v) is 9.69. The predicted octanol–water partition coefficient (Wildman–Crippen LogP) is 6.37. The van der Waals surface area contributed by atoms with E-state index >= 15 is 0 Å². The molecule has 0 aliphatic rings. The molecular weight excluding hydrogens is 330 g/mol. The lowest BCUT2D eigenvalue weighted by molar-refractivity contribution is 0.930. The number of fused-ring (bicyclic) bond motifs is 1. The number of rotatable bonds is 5. The molecule has 0 radical (unpaired) electrons. The number of aromatic nitrogens is 1. The van der Waals surface area contributed by atoms with Crippen molar-refractivity contribution in [2.24, 2.45) is 0 Å². The van der Waals surface area contributed by atoms with Crippen molar-refractivity contribution in [3.8, 4) is 0 Å². The van der Waals surface area contributed by atoms with Crippen LogP contribution in [0.3, 0.4) is 0 Å². The van der Waals surface area contributed by atoms with Gasteiger partial charge in [0.15, 0.2) is 4.34 Å². The topological polar surface area (TPSA) is 12.9 Å². The quantitative estimate of drug-likeness (QED) is 0.389. The Labute approximate surface area is 150 Å². The second-order valence-corrected chi connectivity index (χ2v) is 8.13. The molecule has 0 fully saturated rings. The first kappa shape index (κ1) is 15.4. The molecule has 0 spiro atoms. The minimum Gasteiger partial charge on any atom is -0.230 e. The number of thiazole rings is 1. The van der Waals surface area contributed by atoms with Gasteiger partial charge in [-0.25, -0.2) is 4.98 Å². The number of nitrogens with zero attached hydrogens (tertiary/aromatic N) is 1. The van der Waals surface area contributed by atoms with Gasteiger partial charge in [0.05, 0.1) is 10.2 Å². The largest absolute Gasteiger partial charge is 0.230 e. The van der Waals surface area contributed by atoms with Crippen LogP contribution in [0.15, 0.2) is 89.3 Å². The third kappa shape index (κ3) is 3.53. The van der Waals surface area contributed by atoms with Gasteiger partial charge in [-0.1, -0.05) is 84.6 Å². The Kier molecular flexibility index (Phi) is 4.63. The molecule has 3 heteroatoms. The number of thioether (sulfide) groups is 1. The molecule has 0 aliphatic heterocycles. The Morgan fingerprint density at radius 1 is 0.792 bits per heavy atom. The molecule has 0 N–H and O–H groups in total. The lowest BCUT2D eigenvalue weighted by Crippen LogP contribution is -1.99. The van der Waals surface area contributed by atoms with Crippen LogP contribution in [0.4, 0.5) is 0 Å². The first-order chi connectivity index (χ1) is 11.9. The lowest BCUT2D eigenvalue weighted by Gasteiger charge is -2.15. The van der Waals surface area contributed by atoms with E-state index in [0.717, 1.165) is 16.3 Å². The van der Waals surface area contributed by atoms with Gasteiger partial charge in [0.25, 0.3) is 0 Å². The van der Waals surface area contributed by atoms with Crippen molar-refractivity contribution in [1.29, 1.82) is 0 Å². The summed E-state index contributed by atoms with van der Waals surface area (Å²) in [6.07, 6.45) is 1.01. The fourth-order valence-electron chi connectivity index (χ4n) is 2.75. The molecule has 0 amide bonds. The van der Waals surface area contributed by atoms with E-state index < -0.39 is 0 Å². The Balaban J connectivity index is 1.64. The second kappa shape index (κ2) is 7.20. The van der Waals surface area contributed by atoms with Crippen LogP contribution in [0.2, 0.25) is 0 Å². The smallest absolute Gasteiger partial charge is 0.151 e. The highest BCUT2D eigenvalue weighted by Gasteiger charge is 2.16. The number of benzene rings is 3. The summed E-state index contributed by atoms with van der Waals surface area (Å²) in [7, 11) is 0. The highest BCUT2D eigenvalue weighted by atomic mass is 32.2. The van der Waals surface area contributed by atoms with Gasteiger partial charge < -0.3 is 0 Å². The highest BCUT2D eigenvalue weighted by molar-refractivity contribution is 8.01. The average molecular weight is 348 g/mol. The van der Waals surface area contributed by atoms with Crippen molar-refractivity contribution < 1.29 is 0 Å². The fourth-order valence-corrected chi connectivity index (χ4v) is 5.22. The van der Waals surface area contributed by atoms with Gasteiger partial charge in [-0.05, 0) is 29.7 Å². The predicted molar refractivity (Wildman–Crippen MR) is 105 cm³/mol. The fraction of sp³-hybridized carbons (Fsp3) is 0.0952. The summed E-state index contributed by atoms with van der Waals surface area (Å²) in [5.74, 6) is 0. The summed E-state index contributed by atoms with van der Waals surface area (Å²) in [6.45, 7) is 0. The van der Waals surface area contributed by atoms with Gasteiger partial charge in [0, 0.05) is 5.25 Å². The van der Waals surface area contributed by atoms with E-state index in [2.05, 4.69) is 84.9 Å². The molecule has 0 saturated heterocycles. The zero-order valence-corrected chi connectivity index (χ0v) is 14.8. The van der Waals surface area contributed by atoms with Crippen LogP contribution < -0.4 is 0 Å². The molecule has 4 rings (SSSR count). The molecule has 4 aromatic rings. The second-order valence-electron chi connectivity index (χ2n) is 5.65. The van der Waals surface area contributed by atoms with Crippen LogP contribution in [0.25, 0.3) is 10.2 Å². The van der Waals surface area contributed by atoms with E-state index in [1.165, 1.54) is 15.8 Å². The molecule has 0 bridgehead atoms. The SMILES string of the molecule is c1ccc(CC(Sc2nc3ccccc3s2)c2ccccc2)cc1. The van der Waals surface area contributed by atoms with Gasteiger partial charge in [0.2, 0.25) is 0 Å². The third-order valence-corrected chi connectivity index (χ3v) is 6.34. The zero-order chi connectivity index (χ0) is 16.2. The van der Waals surface area contributed by atoms with E-state index in [1.807, 2.05) is 11.8 Å². The maximum atomic E-state index is 4.80. The van der Waals surface area contributed by atoms with E-state index in [-0.39, 0.29) is 0 Å². The minimum atomic E-state index is 0.370. The summed E-state index contributed by atoms with van der Waals surface area (Å²) in [5.41, 5.74) is 3.81. The Bertz CT molecular complexity index is 883. The molecule has 1 heterocycles. The Hall–Kier alpha value is -2.10. The normalized spacial score (nSPS) is 12.3. The molecule has 0 aliphatic carbocycles. The van der Waals surface area contributed by atoms with Crippen molar-refractivity contribution >= 4 is 33.3 Å². The van der Waals surface area contributed by atoms with Crippen molar-refractivity contribution in [3.05, 3.63) is 96.1 Å². The lowest BCUT2D eigenvalue weighted by atomic mass is 10.0. The van der Waals surface area contributed by atoms with Gasteiger partial charge >= 0.3 is 0 Å². The molecule has 1 unspecified atom stereocenters. The van der Waals surface area contributed by atoms with Crippen molar-refractivity contribution in [1.82, 2.24) is 4.98 Å². The van der Waals surface area contributed by atoms with Crippen LogP contribution in [0.1, 0.15) is 16.4 Å². The van der Waals surface area contributed by atoms with E-state index in [9.17, 15) is 0 Å². The van der Waals surface area contributed by atoms with E-state index in [0.29, 0.717) is 5.25 Å². The van der Waals surface area contributed by atoms with Gasteiger partial charge in [-0.2, -0.15) is 0 Å². The molecule has 1 aromatic heterocycles. The zero-order valence-electron chi connectivity index (χ0n) is 13.1. The summed E-state index contributed by atoms with van der Waals surface area (Å²) < 4.78 is 2.40. The Morgan fingerprint density at radius 2 is 1.46 bits per heavy atom. The highest BCUT2D eigenvalue weighted by Crippen LogP contribution is 2.40. The van der Waals surface area contributed by atoms with Crippen molar-refractivity contribution in [2.45, 2.75) is 16.0 Å². The minimum absolute atomic E-state index is 0.370. The maximum absolute atomic E-state index is 4.80. The molecule has 118 valence electrons. The van der Waals surface area contributed by atoms with Crippen LogP contribution >= 0.6 is 23.1 Å². The Morgan fingerprint density at radius 3 is 2.21 bits per heavy atom. The summed E-state index contributed by atoms with van der Waals surface area (Å²) >= 11 is 3.65. The van der Waals surface area contributed by atoms with E-state index in [1.54, 1.807) is 11.3 Å². The molecular formula is C21H17NS2. The summed E-state index contributed by atoms with van der Waals surface area (Å²) in [5, 5.41) is 0.370. The molecule has 1 nitrogen and oxygen atoms in total. The van der Waals surface area contributed by atoms with Gasteiger partial charge in [-0.3, -0.25) is 0 Å². The number of hydrogen-bond donors (Lipinski definition) is 0. The summed E-state index contributed by atoms with van der Waals surface area (Å²) in [4.78, 5) is 4.80. The molecule has 0 saturated carbocycles. The third-order valence-electron chi connectivity index (χ3n) is 3.95. The van der Waals surface area contributed by atoms with E-state index in [4.69, 9.17) is 4.98 Å². The van der Waals surface area contributed by atoms with Crippen LogP contribution in [0, 0.1) is 0 Å². The van der Waals surface area contributed by atoms with Gasteiger partial charge in [-0.15, -0.1) is 11.3 Å². The average Bonchev–Trinajstić information content (AvgIpc) is 3.05. The van der Waals surface area contributed by atoms with Crippen molar-refractivity contribution in [2.75, 3.05) is 0 Å². The van der Waals surface area contributed by atoms with Crippen LogP contribution in [-0.2, 0) is 6.42 Å². The standard InChI is InChI=1S/C21H17NS2/c1-3-9-16(10-4-1)15-20(17-11-5-2-6-12-17)24-21-22-18-13-7-8-14-19(18)23-21/h1-14,20H,15H2. The molecule has 24 heavy (non-hydrogen) atoms. The van der Waals surface area contributed by atoms with Gasteiger partial charge in [0.1, 0.15) is 0 Å². The maximum Gasteiger partial charge on any atom is 0.151 e.